The molecule has 128 valence electrons. The minimum atomic E-state index is -0.185. The van der Waals surface area contributed by atoms with Crippen LogP contribution in [0.5, 0.6) is 0 Å². The first-order valence-corrected chi connectivity index (χ1v) is 8.83. The van der Waals surface area contributed by atoms with Crippen LogP contribution in [-0.4, -0.2) is 20.7 Å². The van der Waals surface area contributed by atoms with Gasteiger partial charge in [0.25, 0.3) is 5.91 Å². The fraction of sp³-hybridized carbons (Fsp3) is 0.211. The van der Waals surface area contributed by atoms with Gasteiger partial charge in [-0.1, -0.05) is 26.0 Å². The Hall–Kier alpha value is -2.47. The van der Waals surface area contributed by atoms with Crippen molar-refractivity contribution in [3.63, 3.8) is 0 Å². The SMILES string of the molecule is Cc1ccc(NC(=O)c2cnn(-c3ccccn3)c2C(C)C)c(Br)c1. The first-order chi connectivity index (χ1) is 12.0. The Morgan fingerprint density at radius 1 is 1.24 bits per heavy atom. The predicted octanol–water partition coefficient (Wildman–Crippen LogP) is 4.71. The summed E-state index contributed by atoms with van der Waals surface area (Å²) in [6.45, 7) is 6.08. The summed E-state index contributed by atoms with van der Waals surface area (Å²) >= 11 is 3.49. The Balaban J connectivity index is 1.97. The maximum Gasteiger partial charge on any atom is 0.259 e. The molecular weight excluding hydrogens is 380 g/mol. The molecule has 5 nitrogen and oxygen atoms in total. The molecule has 6 heteroatoms. The average molecular weight is 399 g/mol. The molecule has 0 bridgehead atoms. The Kier molecular flexibility index (Phi) is 4.99. The highest BCUT2D eigenvalue weighted by Gasteiger charge is 2.21. The number of carbonyl (C=O) groups is 1. The van der Waals surface area contributed by atoms with Crippen LogP contribution in [0.1, 0.15) is 41.4 Å². The number of amides is 1. The number of nitrogens with zero attached hydrogens (tertiary/aromatic N) is 3. The van der Waals surface area contributed by atoms with Crippen molar-refractivity contribution in [1.29, 1.82) is 0 Å². The van der Waals surface area contributed by atoms with Crippen molar-refractivity contribution in [3.8, 4) is 5.82 Å². The number of carbonyl (C=O) groups excluding carboxylic acids is 1. The lowest BCUT2D eigenvalue weighted by Crippen LogP contribution is -2.16. The smallest absolute Gasteiger partial charge is 0.259 e. The molecule has 0 saturated heterocycles. The maximum atomic E-state index is 12.8. The molecule has 1 amide bonds. The number of aryl methyl sites for hydroxylation is 1. The molecular formula is C19H19BrN4O. The highest BCUT2D eigenvalue weighted by Crippen LogP contribution is 2.26. The number of pyridine rings is 1. The van der Waals surface area contributed by atoms with Crippen molar-refractivity contribution < 1.29 is 4.79 Å². The third kappa shape index (κ3) is 3.64. The molecule has 25 heavy (non-hydrogen) atoms. The molecule has 0 aliphatic heterocycles. The lowest BCUT2D eigenvalue weighted by molar-refractivity contribution is 0.102. The molecule has 3 aromatic rings. The molecule has 2 heterocycles. The fourth-order valence-corrected chi connectivity index (χ4v) is 3.25. The molecule has 0 aliphatic carbocycles. The number of benzene rings is 1. The molecule has 3 rings (SSSR count). The number of hydrogen-bond acceptors (Lipinski definition) is 3. The first-order valence-electron chi connectivity index (χ1n) is 8.04. The predicted molar refractivity (Wildman–Crippen MR) is 102 cm³/mol. The van der Waals surface area contributed by atoms with Crippen LogP contribution in [0.15, 0.2) is 53.3 Å². The topological polar surface area (TPSA) is 59.8 Å². The van der Waals surface area contributed by atoms with E-state index in [4.69, 9.17) is 0 Å². The van der Waals surface area contributed by atoms with Crippen molar-refractivity contribution in [2.24, 2.45) is 0 Å². The molecule has 0 aliphatic rings. The van der Waals surface area contributed by atoms with Crippen LogP contribution in [0.2, 0.25) is 0 Å². The molecule has 0 unspecified atom stereocenters. The van der Waals surface area contributed by atoms with E-state index in [1.165, 1.54) is 0 Å². The molecule has 0 fully saturated rings. The van der Waals surface area contributed by atoms with E-state index in [-0.39, 0.29) is 11.8 Å². The van der Waals surface area contributed by atoms with Crippen LogP contribution in [-0.2, 0) is 0 Å². The molecule has 0 saturated carbocycles. The van der Waals surface area contributed by atoms with Crippen LogP contribution in [0, 0.1) is 6.92 Å². The maximum absolute atomic E-state index is 12.8. The zero-order valence-electron chi connectivity index (χ0n) is 14.3. The van der Waals surface area contributed by atoms with Gasteiger partial charge in [-0.15, -0.1) is 0 Å². The van der Waals surface area contributed by atoms with E-state index in [1.807, 2.05) is 57.2 Å². The Labute approximate surface area is 155 Å². The summed E-state index contributed by atoms with van der Waals surface area (Å²) < 4.78 is 2.58. The van der Waals surface area contributed by atoms with Gasteiger partial charge in [-0.2, -0.15) is 5.10 Å². The molecule has 0 radical (unpaired) electrons. The number of aromatic nitrogens is 3. The van der Waals surface area contributed by atoms with Gasteiger partial charge in [-0.25, -0.2) is 9.67 Å². The van der Waals surface area contributed by atoms with Gasteiger partial charge < -0.3 is 5.32 Å². The molecule has 1 N–H and O–H groups in total. The van der Waals surface area contributed by atoms with E-state index < -0.39 is 0 Å². The number of nitrogens with one attached hydrogen (secondary N) is 1. The van der Waals surface area contributed by atoms with Crippen LogP contribution in [0.25, 0.3) is 5.82 Å². The van der Waals surface area contributed by atoms with Gasteiger partial charge in [0.15, 0.2) is 5.82 Å². The van der Waals surface area contributed by atoms with Crippen molar-refractivity contribution >= 4 is 27.5 Å². The quantitative estimate of drug-likeness (QED) is 0.691. The van der Waals surface area contributed by atoms with Crippen LogP contribution < -0.4 is 5.32 Å². The highest BCUT2D eigenvalue weighted by molar-refractivity contribution is 9.10. The summed E-state index contributed by atoms with van der Waals surface area (Å²) in [7, 11) is 0. The van der Waals surface area contributed by atoms with Gasteiger partial charge in [-0.3, -0.25) is 4.79 Å². The summed E-state index contributed by atoms with van der Waals surface area (Å²) in [5.74, 6) is 0.629. The average Bonchev–Trinajstić information content (AvgIpc) is 3.03. The third-order valence-electron chi connectivity index (χ3n) is 3.84. The summed E-state index contributed by atoms with van der Waals surface area (Å²) in [4.78, 5) is 17.1. The Morgan fingerprint density at radius 3 is 2.68 bits per heavy atom. The summed E-state index contributed by atoms with van der Waals surface area (Å²) in [5.41, 5.74) is 3.24. The zero-order chi connectivity index (χ0) is 18.0. The van der Waals surface area contributed by atoms with Crippen LogP contribution >= 0.6 is 15.9 Å². The summed E-state index contributed by atoms with van der Waals surface area (Å²) in [6.07, 6.45) is 3.31. The third-order valence-corrected chi connectivity index (χ3v) is 4.49. The molecule has 0 spiro atoms. The minimum Gasteiger partial charge on any atom is -0.321 e. The lowest BCUT2D eigenvalue weighted by Gasteiger charge is -2.13. The van der Waals surface area contributed by atoms with E-state index >= 15 is 0 Å². The zero-order valence-corrected chi connectivity index (χ0v) is 15.9. The second kappa shape index (κ2) is 7.19. The summed E-state index contributed by atoms with van der Waals surface area (Å²) in [6, 6.07) is 11.4. The minimum absolute atomic E-state index is 0.117. The molecule has 2 aromatic heterocycles. The van der Waals surface area contributed by atoms with Crippen LogP contribution in [0.3, 0.4) is 0 Å². The number of anilines is 1. The van der Waals surface area contributed by atoms with Crippen molar-refractivity contribution in [2.45, 2.75) is 26.7 Å². The van der Waals surface area contributed by atoms with E-state index in [9.17, 15) is 4.79 Å². The first kappa shape index (κ1) is 17.4. The van der Waals surface area contributed by atoms with Gasteiger partial charge in [-0.05, 0) is 58.6 Å². The van der Waals surface area contributed by atoms with E-state index in [0.29, 0.717) is 11.4 Å². The van der Waals surface area contributed by atoms with E-state index in [2.05, 4.69) is 31.3 Å². The second-order valence-electron chi connectivity index (χ2n) is 6.14. The lowest BCUT2D eigenvalue weighted by atomic mass is 10.1. The molecule has 0 atom stereocenters. The van der Waals surface area contributed by atoms with Crippen molar-refractivity contribution in [3.05, 3.63) is 70.1 Å². The van der Waals surface area contributed by atoms with Gasteiger partial charge in [0.05, 0.1) is 23.1 Å². The van der Waals surface area contributed by atoms with E-state index in [0.717, 1.165) is 21.4 Å². The van der Waals surface area contributed by atoms with Crippen LogP contribution in [0.4, 0.5) is 5.69 Å². The number of rotatable bonds is 4. The monoisotopic (exact) mass is 398 g/mol. The number of halogens is 1. The van der Waals surface area contributed by atoms with Gasteiger partial charge in [0.1, 0.15) is 0 Å². The Morgan fingerprint density at radius 2 is 2.04 bits per heavy atom. The molecule has 1 aromatic carbocycles. The van der Waals surface area contributed by atoms with Crippen molar-refractivity contribution in [1.82, 2.24) is 14.8 Å². The normalized spacial score (nSPS) is 10.9. The van der Waals surface area contributed by atoms with Gasteiger partial charge in [0, 0.05) is 10.7 Å². The van der Waals surface area contributed by atoms with Crippen molar-refractivity contribution in [2.75, 3.05) is 5.32 Å². The summed E-state index contributed by atoms with van der Waals surface area (Å²) in [5, 5.41) is 7.34. The van der Waals surface area contributed by atoms with Gasteiger partial charge in [0.2, 0.25) is 0 Å². The largest absolute Gasteiger partial charge is 0.321 e. The fourth-order valence-electron chi connectivity index (χ4n) is 2.66. The standard InChI is InChI=1S/C19H19BrN4O/c1-12(2)18-14(11-22-24(18)17-6-4-5-9-21-17)19(25)23-16-8-7-13(3)10-15(16)20/h4-12H,1-3H3,(H,23,25). The Bertz CT molecular complexity index is 903. The van der Waals surface area contributed by atoms with E-state index in [1.54, 1.807) is 17.1 Å². The number of hydrogen-bond donors (Lipinski definition) is 1. The second-order valence-corrected chi connectivity index (χ2v) is 6.99. The highest BCUT2D eigenvalue weighted by atomic mass is 79.9. The van der Waals surface area contributed by atoms with Gasteiger partial charge >= 0.3 is 0 Å².